The molecule has 0 bridgehead atoms. The fraction of sp³-hybridized carbons (Fsp3) is 0.308. The number of ether oxygens (including phenoxy) is 1. The van der Waals surface area contributed by atoms with Crippen LogP contribution in [0.25, 0.3) is 6.08 Å². The number of hydrogen-bond donors (Lipinski definition) is 1. The van der Waals surface area contributed by atoms with Crippen LogP contribution in [0, 0.1) is 0 Å². The first-order chi connectivity index (χ1) is 8.74. The van der Waals surface area contributed by atoms with Gasteiger partial charge in [0.15, 0.2) is 0 Å². The van der Waals surface area contributed by atoms with Crippen molar-refractivity contribution in [2.24, 2.45) is 0 Å². The Hall–Kier alpha value is -1.17. The number of nitrogens with one attached hydrogen (secondary N) is 1. The van der Waals surface area contributed by atoms with Gasteiger partial charge in [0.05, 0.1) is 13.2 Å². The van der Waals surface area contributed by atoms with Crippen LogP contribution in [0.2, 0.25) is 0 Å². The Kier molecular flexibility index (Phi) is 4.92. The van der Waals surface area contributed by atoms with Crippen LogP contribution in [0.3, 0.4) is 0 Å². The van der Waals surface area contributed by atoms with Crippen LogP contribution in [0.1, 0.15) is 5.56 Å². The molecular formula is C13H15BrN2O2. The quantitative estimate of drug-likeness (QED) is 0.866. The van der Waals surface area contributed by atoms with E-state index in [4.69, 9.17) is 4.74 Å². The molecule has 1 aliphatic rings. The molecule has 0 aromatic heterocycles. The highest BCUT2D eigenvalue weighted by Gasteiger charge is 2.10. The Morgan fingerprint density at radius 1 is 1.28 bits per heavy atom. The summed E-state index contributed by atoms with van der Waals surface area (Å²) in [7, 11) is 0. The predicted octanol–water partition coefficient (Wildman–Crippen LogP) is 1.83. The molecule has 1 aliphatic heterocycles. The molecule has 1 fully saturated rings. The molecular weight excluding hydrogens is 296 g/mol. The zero-order valence-corrected chi connectivity index (χ0v) is 11.5. The summed E-state index contributed by atoms with van der Waals surface area (Å²) in [5.41, 5.74) is 3.81. The van der Waals surface area contributed by atoms with Gasteiger partial charge in [-0.05, 0) is 23.8 Å². The summed E-state index contributed by atoms with van der Waals surface area (Å²) in [5, 5.41) is 1.87. The van der Waals surface area contributed by atoms with E-state index in [0.717, 1.165) is 23.1 Å². The summed E-state index contributed by atoms with van der Waals surface area (Å²) < 4.78 is 6.23. The first kappa shape index (κ1) is 13.3. The molecule has 96 valence electrons. The molecule has 1 aromatic carbocycles. The molecule has 1 N–H and O–H groups in total. The highest BCUT2D eigenvalue weighted by molar-refractivity contribution is 9.10. The van der Waals surface area contributed by atoms with Crippen molar-refractivity contribution in [3.05, 3.63) is 40.4 Å². The number of carbonyl (C=O) groups is 1. The lowest BCUT2D eigenvalue weighted by atomic mass is 10.2. The summed E-state index contributed by atoms with van der Waals surface area (Å²) >= 11 is 3.37. The molecule has 1 heterocycles. The molecule has 0 unspecified atom stereocenters. The number of morpholine rings is 1. The summed E-state index contributed by atoms with van der Waals surface area (Å²) in [5.74, 6) is -0.111. The van der Waals surface area contributed by atoms with Crippen LogP contribution in [-0.4, -0.2) is 37.2 Å². The SMILES string of the molecule is O=C(/C=C\c1ccc(Br)cc1)NN1CCOCC1. The Morgan fingerprint density at radius 3 is 2.61 bits per heavy atom. The van der Waals surface area contributed by atoms with Crippen molar-refractivity contribution < 1.29 is 9.53 Å². The monoisotopic (exact) mass is 310 g/mol. The minimum atomic E-state index is -0.111. The van der Waals surface area contributed by atoms with Crippen LogP contribution in [-0.2, 0) is 9.53 Å². The Morgan fingerprint density at radius 2 is 1.94 bits per heavy atom. The van der Waals surface area contributed by atoms with Crippen molar-refractivity contribution in [3.63, 3.8) is 0 Å². The third-order valence-corrected chi connectivity index (χ3v) is 3.11. The van der Waals surface area contributed by atoms with Crippen molar-refractivity contribution in [2.75, 3.05) is 26.3 Å². The number of halogens is 1. The Balaban J connectivity index is 1.84. The molecule has 5 heteroatoms. The third-order valence-electron chi connectivity index (χ3n) is 2.58. The third kappa shape index (κ3) is 4.25. The van der Waals surface area contributed by atoms with E-state index in [1.165, 1.54) is 0 Å². The van der Waals surface area contributed by atoms with E-state index in [2.05, 4.69) is 21.4 Å². The van der Waals surface area contributed by atoms with Gasteiger partial charge in [0.1, 0.15) is 0 Å². The first-order valence-electron chi connectivity index (χ1n) is 5.81. The Labute approximate surface area is 115 Å². The summed E-state index contributed by atoms with van der Waals surface area (Å²) in [6.07, 6.45) is 3.33. The maximum absolute atomic E-state index is 11.7. The van der Waals surface area contributed by atoms with E-state index < -0.39 is 0 Å². The van der Waals surface area contributed by atoms with E-state index >= 15 is 0 Å². The number of nitrogens with zero attached hydrogens (tertiary/aromatic N) is 1. The second-order valence-corrected chi connectivity index (χ2v) is 4.88. The highest BCUT2D eigenvalue weighted by atomic mass is 79.9. The standard InChI is InChI=1S/C13H15BrN2O2/c14-12-4-1-11(2-5-12)3-6-13(17)15-16-7-9-18-10-8-16/h1-6H,7-10H2,(H,15,17)/b6-3-. The van der Waals surface area contributed by atoms with Crippen LogP contribution in [0.15, 0.2) is 34.8 Å². The Bertz CT molecular complexity index is 425. The molecule has 0 saturated carbocycles. The van der Waals surface area contributed by atoms with Gasteiger partial charge >= 0.3 is 0 Å². The second kappa shape index (κ2) is 6.68. The molecule has 1 saturated heterocycles. The lowest BCUT2D eigenvalue weighted by molar-refractivity contribution is -0.123. The van der Waals surface area contributed by atoms with Crippen molar-refractivity contribution in [3.8, 4) is 0 Å². The van der Waals surface area contributed by atoms with E-state index in [0.29, 0.717) is 13.2 Å². The highest BCUT2D eigenvalue weighted by Crippen LogP contribution is 2.11. The fourth-order valence-corrected chi connectivity index (χ4v) is 1.88. The predicted molar refractivity (Wildman–Crippen MR) is 73.7 cm³/mol. The van der Waals surface area contributed by atoms with Crippen molar-refractivity contribution in [1.82, 2.24) is 10.4 Å². The number of rotatable bonds is 3. The van der Waals surface area contributed by atoms with Crippen LogP contribution >= 0.6 is 15.9 Å². The maximum atomic E-state index is 11.7. The smallest absolute Gasteiger partial charge is 0.258 e. The summed E-state index contributed by atoms with van der Waals surface area (Å²) in [6.45, 7) is 2.79. The van der Waals surface area contributed by atoms with E-state index in [1.807, 2.05) is 29.3 Å². The van der Waals surface area contributed by atoms with Crippen molar-refractivity contribution >= 4 is 27.9 Å². The lowest BCUT2D eigenvalue weighted by Gasteiger charge is -2.26. The molecule has 0 radical (unpaired) electrons. The molecule has 2 rings (SSSR count). The number of amides is 1. The van der Waals surface area contributed by atoms with Gasteiger partial charge in [-0.3, -0.25) is 10.2 Å². The van der Waals surface area contributed by atoms with E-state index in [-0.39, 0.29) is 5.91 Å². The minimum Gasteiger partial charge on any atom is -0.379 e. The van der Waals surface area contributed by atoms with Gasteiger partial charge in [0, 0.05) is 23.6 Å². The van der Waals surface area contributed by atoms with Crippen LogP contribution in [0.4, 0.5) is 0 Å². The molecule has 0 spiro atoms. The van der Waals surface area contributed by atoms with Crippen LogP contribution in [0.5, 0.6) is 0 Å². The molecule has 0 atom stereocenters. The summed E-state index contributed by atoms with van der Waals surface area (Å²) in [6, 6.07) is 7.78. The fourth-order valence-electron chi connectivity index (χ4n) is 1.61. The lowest BCUT2D eigenvalue weighted by Crippen LogP contribution is -2.47. The molecule has 4 nitrogen and oxygen atoms in total. The van der Waals surface area contributed by atoms with Crippen molar-refractivity contribution in [2.45, 2.75) is 0 Å². The van der Waals surface area contributed by atoms with Gasteiger partial charge in [-0.15, -0.1) is 0 Å². The maximum Gasteiger partial charge on any atom is 0.258 e. The van der Waals surface area contributed by atoms with E-state index in [9.17, 15) is 4.79 Å². The van der Waals surface area contributed by atoms with Gasteiger partial charge in [0.25, 0.3) is 5.91 Å². The largest absolute Gasteiger partial charge is 0.379 e. The second-order valence-electron chi connectivity index (χ2n) is 3.96. The zero-order chi connectivity index (χ0) is 12.8. The number of hydrazine groups is 1. The number of hydrogen-bond acceptors (Lipinski definition) is 3. The summed E-state index contributed by atoms with van der Waals surface area (Å²) in [4.78, 5) is 11.7. The number of carbonyl (C=O) groups excluding carboxylic acids is 1. The van der Waals surface area contributed by atoms with E-state index in [1.54, 1.807) is 12.2 Å². The molecule has 1 aromatic rings. The van der Waals surface area contributed by atoms with Gasteiger partial charge in [-0.25, -0.2) is 5.01 Å². The van der Waals surface area contributed by atoms with Gasteiger partial charge in [-0.1, -0.05) is 28.1 Å². The first-order valence-corrected chi connectivity index (χ1v) is 6.60. The zero-order valence-electron chi connectivity index (χ0n) is 9.93. The molecule has 18 heavy (non-hydrogen) atoms. The van der Waals surface area contributed by atoms with Crippen LogP contribution < -0.4 is 5.43 Å². The van der Waals surface area contributed by atoms with Gasteiger partial charge in [-0.2, -0.15) is 0 Å². The van der Waals surface area contributed by atoms with Gasteiger partial charge in [0.2, 0.25) is 0 Å². The normalized spacial score (nSPS) is 16.9. The number of benzene rings is 1. The molecule has 1 amide bonds. The topological polar surface area (TPSA) is 41.6 Å². The minimum absolute atomic E-state index is 0.111. The van der Waals surface area contributed by atoms with Crippen molar-refractivity contribution in [1.29, 1.82) is 0 Å². The van der Waals surface area contributed by atoms with Gasteiger partial charge < -0.3 is 4.74 Å². The average molecular weight is 311 g/mol. The molecule has 0 aliphatic carbocycles. The average Bonchev–Trinajstić information content (AvgIpc) is 2.39.